The van der Waals surface area contributed by atoms with Crippen molar-refractivity contribution in [1.82, 2.24) is 0 Å². The third kappa shape index (κ3) is 4.93. The summed E-state index contributed by atoms with van der Waals surface area (Å²) in [7, 11) is 0. The van der Waals surface area contributed by atoms with Gasteiger partial charge in [0.15, 0.2) is 0 Å². The van der Waals surface area contributed by atoms with Gasteiger partial charge in [0, 0.05) is 0 Å². The van der Waals surface area contributed by atoms with Gasteiger partial charge >= 0.3 is 0 Å². The number of hydrogen-bond acceptors (Lipinski definition) is 0. The number of fused-ring (bicyclic) bond motifs is 13. The van der Waals surface area contributed by atoms with E-state index in [4.69, 9.17) is 0 Å². The fraction of sp³-hybridized carbons (Fsp3) is 0. The van der Waals surface area contributed by atoms with Gasteiger partial charge < -0.3 is 0 Å². The molecule has 0 atom stereocenters. The van der Waals surface area contributed by atoms with Crippen LogP contribution in [-0.2, 0) is 0 Å². The molecule has 0 aliphatic heterocycles. The molecule has 0 nitrogen and oxygen atoms in total. The molecule has 0 fully saturated rings. The Bertz CT molecular complexity index is 4220. The van der Waals surface area contributed by atoms with Gasteiger partial charge in [0.1, 0.15) is 0 Å². The standard InChI is InChI=1S/C66H38/c1-5-16-39(17-6-1)45-32-47-33-46(40-18-7-2-8-19-40)37-58-56-38-54-44(34-55(56)57(36-45)60(47)58)28-29-51-49(54)30-31-53-61(41-20-9-3-10-21-41)66-59-35-43-24-13-14-25-48(43)50-26-15-27-52(63(50)59)65(66)62(64(51)53)42-22-11-4-12-23-42/h1-38H. The zero-order chi connectivity index (χ0) is 43.0. The van der Waals surface area contributed by atoms with Crippen LogP contribution in [0.4, 0.5) is 0 Å². The summed E-state index contributed by atoms with van der Waals surface area (Å²) in [5.74, 6) is 0. The smallest absolute Gasteiger partial charge is 0.000719 e. The summed E-state index contributed by atoms with van der Waals surface area (Å²) in [6, 6.07) is 86.6. The van der Waals surface area contributed by atoms with E-state index in [-0.39, 0.29) is 0 Å². The Morgan fingerprint density at radius 1 is 0.167 bits per heavy atom. The highest BCUT2D eigenvalue weighted by Crippen LogP contribution is 2.60. The maximum atomic E-state index is 2.51. The summed E-state index contributed by atoms with van der Waals surface area (Å²) in [5.41, 5.74) is 20.5. The first-order valence-electron chi connectivity index (χ1n) is 23.1. The minimum Gasteiger partial charge on any atom is -0.0622 e. The predicted molar refractivity (Wildman–Crippen MR) is 282 cm³/mol. The first kappa shape index (κ1) is 35.8. The molecule has 0 saturated carbocycles. The van der Waals surface area contributed by atoms with E-state index in [2.05, 4.69) is 231 Å². The molecule has 0 bridgehead atoms. The third-order valence-corrected chi connectivity index (χ3v) is 14.8. The van der Waals surface area contributed by atoms with Crippen LogP contribution in [0.2, 0.25) is 0 Å². The van der Waals surface area contributed by atoms with Crippen molar-refractivity contribution in [2.75, 3.05) is 0 Å². The number of benzene rings is 13. The summed E-state index contributed by atoms with van der Waals surface area (Å²) in [6.45, 7) is 0. The van der Waals surface area contributed by atoms with Gasteiger partial charge in [-0.15, -0.1) is 0 Å². The van der Waals surface area contributed by atoms with E-state index in [9.17, 15) is 0 Å². The van der Waals surface area contributed by atoms with Gasteiger partial charge in [-0.1, -0.05) is 188 Å². The SMILES string of the molecule is c1ccc(-c2cc3c4c(cc(-c5ccccc5)cc4c2)-c2cc4c(ccc5c4ccc4c(-c6ccccc6)c6c(c(-c7ccccc7)c45)-c4cccc5c4c-6cc4ccccc45)cc2-3)cc1. The van der Waals surface area contributed by atoms with Crippen molar-refractivity contribution in [2.24, 2.45) is 0 Å². The average Bonchev–Trinajstić information content (AvgIpc) is 3.88. The van der Waals surface area contributed by atoms with Crippen molar-refractivity contribution in [3.63, 3.8) is 0 Å². The first-order chi connectivity index (χ1) is 32.7. The zero-order valence-electron chi connectivity index (χ0n) is 35.9. The van der Waals surface area contributed by atoms with E-state index in [1.54, 1.807) is 0 Å². The van der Waals surface area contributed by atoms with E-state index in [0.29, 0.717) is 0 Å². The summed E-state index contributed by atoms with van der Waals surface area (Å²) in [5, 5.41) is 15.5. The van der Waals surface area contributed by atoms with Gasteiger partial charge in [-0.3, -0.25) is 0 Å². The van der Waals surface area contributed by atoms with Crippen LogP contribution in [0.3, 0.4) is 0 Å². The highest BCUT2D eigenvalue weighted by atomic mass is 14.3. The lowest BCUT2D eigenvalue weighted by molar-refractivity contribution is 1.63. The molecule has 0 amide bonds. The molecule has 0 heteroatoms. The lowest BCUT2D eigenvalue weighted by Crippen LogP contribution is -1.95. The fourth-order valence-electron chi connectivity index (χ4n) is 12.1. The Morgan fingerprint density at radius 3 is 1.35 bits per heavy atom. The second-order valence-electron chi connectivity index (χ2n) is 18.3. The molecule has 66 heavy (non-hydrogen) atoms. The molecule has 13 aromatic rings. The minimum absolute atomic E-state index is 1.23. The van der Waals surface area contributed by atoms with Gasteiger partial charge in [0.25, 0.3) is 0 Å². The van der Waals surface area contributed by atoms with Crippen LogP contribution >= 0.6 is 0 Å². The molecule has 0 unspecified atom stereocenters. The topological polar surface area (TPSA) is 0 Å². The van der Waals surface area contributed by atoms with Crippen molar-refractivity contribution in [3.05, 3.63) is 231 Å². The van der Waals surface area contributed by atoms with Gasteiger partial charge in [-0.2, -0.15) is 0 Å². The fourth-order valence-corrected chi connectivity index (χ4v) is 12.1. The Morgan fingerprint density at radius 2 is 0.667 bits per heavy atom. The molecule has 0 saturated heterocycles. The lowest BCUT2D eigenvalue weighted by atomic mass is 9.80. The molecule has 15 rings (SSSR count). The van der Waals surface area contributed by atoms with Gasteiger partial charge in [0.2, 0.25) is 0 Å². The molecule has 2 aliphatic carbocycles. The lowest BCUT2D eigenvalue weighted by Gasteiger charge is -2.22. The maximum absolute atomic E-state index is 2.51. The Kier molecular flexibility index (Phi) is 7.31. The van der Waals surface area contributed by atoms with Gasteiger partial charge in [0.05, 0.1) is 0 Å². The summed E-state index contributed by atoms with van der Waals surface area (Å²) in [4.78, 5) is 0. The molecule has 0 spiro atoms. The Balaban J connectivity index is 1.07. The number of rotatable bonds is 4. The van der Waals surface area contributed by atoms with E-state index >= 15 is 0 Å². The quantitative estimate of drug-likeness (QED) is 0.155. The second-order valence-corrected chi connectivity index (χ2v) is 18.3. The third-order valence-electron chi connectivity index (χ3n) is 14.8. The van der Waals surface area contributed by atoms with Crippen LogP contribution in [0.5, 0.6) is 0 Å². The highest BCUT2D eigenvalue weighted by Gasteiger charge is 2.32. The monoisotopic (exact) mass is 830 g/mol. The van der Waals surface area contributed by atoms with Gasteiger partial charge in [-0.05, 0) is 196 Å². The molecule has 0 radical (unpaired) electrons. The first-order valence-corrected chi connectivity index (χ1v) is 23.1. The summed E-state index contributed by atoms with van der Waals surface area (Å²) in [6.07, 6.45) is 0. The molecule has 302 valence electrons. The van der Waals surface area contributed by atoms with E-state index in [1.807, 2.05) is 0 Å². The molecule has 0 heterocycles. The summed E-state index contributed by atoms with van der Waals surface area (Å²) < 4.78 is 0. The van der Waals surface area contributed by atoms with E-state index in [0.717, 1.165) is 0 Å². The maximum Gasteiger partial charge on any atom is -0.000719 e. The summed E-state index contributed by atoms with van der Waals surface area (Å²) >= 11 is 0. The van der Waals surface area contributed by atoms with Crippen LogP contribution in [0.15, 0.2) is 231 Å². The van der Waals surface area contributed by atoms with Crippen molar-refractivity contribution in [1.29, 1.82) is 0 Å². The Hall–Kier alpha value is -8.58. The van der Waals surface area contributed by atoms with E-state index in [1.165, 1.54) is 154 Å². The molecular formula is C66H38. The molecule has 2 aliphatic rings. The molecule has 13 aromatic carbocycles. The van der Waals surface area contributed by atoms with Crippen LogP contribution in [0.25, 0.3) is 154 Å². The predicted octanol–water partition coefficient (Wildman–Crippen LogP) is 18.6. The molecule has 0 aromatic heterocycles. The van der Waals surface area contributed by atoms with Crippen LogP contribution in [0, 0.1) is 0 Å². The van der Waals surface area contributed by atoms with Crippen LogP contribution in [-0.4, -0.2) is 0 Å². The van der Waals surface area contributed by atoms with Crippen LogP contribution < -0.4 is 0 Å². The van der Waals surface area contributed by atoms with Crippen molar-refractivity contribution in [3.8, 4) is 89.0 Å². The zero-order valence-corrected chi connectivity index (χ0v) is 35.9. The largest absolute Gasteiger partial charge is 0.0622 e. The second kappa shape index (κ2) is 13.5. The average molecular weight is 831 g/mol. The highest BCUT2D eigenvalue weighted by molar-refractivity contribution is 6.35. The minimum atomic E-state index is 1.23. The van der Waals surface area contributed by atoms with Gasteiger partial charge in [-0.25, -0.2) is 0 Å². The normalized spacial score (nSPS) is 12.2. The van der Waals surface area contributed by atoms with Crippen molar-refractivity contribution in [2.45, 2.75) is 0 Å². The molecular weight excluding hydrogens is 793 g/mol. The van der Waals surface area contributed by atoms with E-state index < -0.39 is 0 Å². The van der Waals surface area contributed by atoms with Crippen LogP contribution in [0.1, 0.15) is 0 Å². The number of hydrogen-bond donors (Lipinski definition) is 0. The van der Waals surface area contributed by atoms with Crippen molar-refractivity contribution < 1.29 is 0 Å². The Labute approximate surface area is 382 Å². The molecule has 0 N–H and O–H groups in total. The van der Waals surface area contributed by atoms with Crippen molar-refractivity contribution >= 4 is 64.6 Å².